The van der Waals surface area contributed by atoms with E-state index in [4.69, 9.17) is 14.2 Å². The maximum atomic E-state index is 13.1. The van der Waals surface area contributed by atoms with Gasteiger partial charge in [0, 0.05) is 20.2 Å². The zero-order valence-corrected chi connectivity index (χ0v) is 19.1. The van der Waals surface area contributed by atoms with Crippen molar-refractivity contribution in [3.05, 3.63) is 17.8 Å². The summed E-state index contributed by atoms with van der Waals surface area (Å²) in [7, 11) is 1.71. The summed E-state index contributed by atoms with van der Waals surface area (Å²) in [6, 6.07) is 3.55. The zero-order valence-electron chi connectivity index (χ0n) is 19.1. The van der Waals surface area contributed by atoms with Crippen molar-refractivity contribution in [2.75, 3.05) is 38.3 Å². The van der Waals surface area contributed by atoms with Crippen LogP contribution in [0.25, 0.3) is 0 Å². The lowest BCUT2D eigenvalue weighted by Gasteiger charge is -2.40. The largest absolute Gasteiger partial charge is 0.476 e. The van der Waals surface area contributed by atoms with Crippen LogP contribution in [-0.4, -0.2) is 61.9 Å². The van der Waals surface area contributed by atoms with Gasteiger partial charge in [-0.3, -0.25) is 4.79 Å². The first-order chi connectivity index (χ1) is 15.0. The SMILES string of the molecule is CCCOC(=O)C(CC)(CC)NC(=O)c1ccc(N2CC(OC)C2)c(OCC2CC2)n1. The molecule has 0 aromatic carbocycles. The Bertz CT molecular complexity index is 770. The number of carbonyl (C=O) groups is 2. The summed E-state index contributed by atoms with van der Waals surface area (Å²) >= 11 is 0. The second-order valence-electron chi connectivity index (χ2n) is 8.42. The molecule has 2 aliphatic rings. The molecule has 1 saturated carbocycles. The van der Waals surface area contributed by atoms with Gasteiger partial charge in [-0.2, -0.15) is 0 Å². The molecule has 3 rings (SSSR count). The van der Waals surface area contributed by atoms with Crippen molar-refractivity contribution in [3.63, 3.8) is 0 Å². The zero-order chi connectivity index (χ0) is 22.4. The summed E-state index contributed by atoms with van der Waals surface area (Å²) in [5, 5.41) is 2.89. The molecule has 172 valence electrons. The van der Waals surface area contributed by atoms with Crippen LogP contribution in [0.15, 0.2) is 12.1 Å². The monoisotopic (exact) mass is 433 g/mol. The molecule has 31 heavy (non-hydrogen) atoms. The second kappa shape index (κ2) is 10.3. The topological polar surface area (TPSA) is 90.0 Å². The highest BCUT2D eigenvalue weighted by molar-refractivity contribution is 5.97. The minimum Gasteiger partial charge on any atom is -0.476 e. The number of ether oxygens (including phenoxy) is 3. The van der Waals surface area contributed by atoms with E-state index in [-0.39, 0.29) is 11.8 Å². The molecule has 8 heteroatoms. The van der Waals surface area contributed by atoms with Crippen molar-refractivity contribution in [1.82, 2.24) is 10.3 Å². The van der Waals surface area contributed by atoms with E-state index in [1.807, 2.05) is 26.8 Å². The summed E-state index contributed by atoms with van der Waals surface area (Å²) in [6.45, 7) is 8.14. The molecule has 0 bridgehead atoms. The predicted octanol–water partition coefficient (Wildman–Crippen LogP) is 2.95. The van der Waals surface area contributed by atoms with E-state index in [2.05, 4.69) is 15.2 Å². The number of anilines is 1. The number of nitrogens with one attached hydrogen (secondary N) is 1. The van der Waals surface area contributed by atoms with Gasteiger partial charge in [0.15, 0.2) is 0 Å². The van der Waals surface area contributed by atoms with Crippen LogP contribution in [0.3, 0.4) is 0 Å². The highest BCUT2D eigenvalue weighted by atomic mass is 16.5. The lowest BCUT2D eigenvalue weighted by molar-refractivity contribution is -0.151. The number of aromatic nitrogens is 1. The highest BCUT2D eigenvalue weighted by Gasteiger charge is 2.39. The fraction of sp³-hybridized carbons (Fsp3) is 0.696. The van der Waals surface area contributed by atoms with Crippen molar-refractivity contribution >= 4 is 17.6 Å². The summed E-state index contributed by atoms with van der Waals surface area (Å²) in [4.78, 5) is 32.4. The molecule has 1 amide bonds. The third-order valence-corrected chi connectivity index (χ3v) is 6.14. The van der Waals surface area contributed by atoms with Crippen molar-refractivity contribution in [2.24, 2.45) is 5.92 Å². The number of amides is 1. The van der Waals surface area contributed by atoms with Gasteiger partial charge < -0.3 is 24.4 Å². The first kappa shape index (κ1) is 23.3. The number of nitrogens with zero attached hydrogens (tertiary/aromatic N) is 2. The molecule has 8 nitrogen and oxygen atoms in total. The second-order valence-corrected chi connectivity index (χ2v) is 8.42. The summed E-state index contributed by atoms with van der Waals surface area (Å²) < 4.78 is 16.7. The lowest BCUT2D eigenvalue weighted by Crippen LogP contribution is -2.54. The third kappa shape index (κ3) is 5.47. The Morgan fingerprint density at radius 3 is 2.48 bits per heavy atom. The van der Waals surface area contributed by atoms with Gasteiger partial charge in [0.2, 0.25) is 5.88 Å². The minimum atomic E-state index is -1.06. The van der Waals surface area contributed by atoms with Crippen LogP contribution in [0, 0.1) is 5.92 Å². The Kier molecular flexibility index (Phi) is 7.75. The molecule has 1 N–H and O–H groups in total. The fourth-order valence-corrected chi connectivity index (χ4v) is 3.55. The van der Waals surface area contributed by atoms with Crippen molar-refractivity contribution in [1.29, 1.82) is 0 Å². The van der Waals surface area contributed by atoms with E-state index >= 15 is 0 Å². The van der Waals surface area contributed by atoms with Crippen LogP contribution in [0.5, 0.6) is 5.88 Å². The molecule has 0 spiro atoms. The standard InChI is InChI=1S/C23H35N3O5/c1-5-12-30-22(28)23(6-2,7-3)25-20(27)18-10-11-19(26-13-17(14-26)29-4)21(24-18)31-15-16-8-9-16/h10-11,16-17H,5-9,12-15H2,1-4H3,(H,25,27). The maximum absolute atomic E-state index is 13.1. The number of esters is 1. The van der Waals surface area contributed by atoms with Crippen molar-refractivity contribution < 1.29 is 23.8 Å². The van der Waals surface area contributed by atoms with E-state index < -0.39 is 17.4 Å². The van der Waals surface area contributed by atoms with Gasteiger partial charge in [-0.15, -0.1) is 0 Å². The summed E-state index contributed by atoms with van der Waals surface area (Å²) in [5.74, 6) is 0.219. The molecule has 2 fully saturated rings. The van der Waals surface area contributed by atoms with Gasteiger partial charge in [-0.05, 0) is 50.2 Å². The van der Waals surface area contributed by atoms with Gasteiger partial charge in [-0.25, -0.2) is 9.78 Å². The Morgan fingerprint density at radius 2 is 1.90 bits per heavy atom. The average Bonchev–Trinajstić information content (AvgIpc) is 3.58. The van der Waals surface area contributed by atoms with Crippen LogP contribution in [0.2, 0.25) is 0 Å². The number of pyridine rings is 1. The van der Waals surface area contributed by atoms with Gasteiger partial charge >= 0.3 is 5.97 Å². The Morgan fingerprint density at radius 1 is 1.19 bits per heavy atom. The molecular weight excluding hydrogens is 398 g/mol. The van der Waals surface area contributed by atoms with Crippen molar-refractivity contribution in [2.45, 2.75) is 64.5 Å². The quantitative estimate of drug-likeness (QED) is 0.507. The normalized spacial score (nSPS) is 16.6. The molecule has 0 unspecified atom stereocenters. The first-order valence-corrected chi connectivity index (χ1v) is 11.4. The molecule has 1 aromatic heterocycles. The molecule has 0 atom stereocenters. The van der Waals surface area contributed by atoms with Gasteiger partial charge in [-0.1, -0.05) is 20.8 Å². The van der Waals surface area contributed by atoms with Crippen LogP contribution in [-0.2, 0) is 14.3 Å². The van der Waals surface area contributed by atoms with Gasteiger partial charge in [0.25, 0.3) is 5.91 Å². The van der Waals surface area contributed by atoms with Crippen LogP contribution in [0.4, 0.5) is 5.69 Å². The number of hydrogen-bond acceptors (Lipinski definition) is 7. The maximum Gasteiger partial charge on any atom is 0.331 e. The van der Waals surface area contributed by atoms with Crippen LogP contribution >= 0.6 is 0 Å². The Hall–Kier alpha value is -2.35. The van der Waals surface area contributed by atoms with E-state index in [1.165, 1.54) is 12.8 Å². The van der Waals surface area contributed by atoms with Crippen LogP contribution in [0.1, 0.15) is 63.4 Å². The number of carbonyl (C=O) groups excluding carboxylic acids is 2. The smallest absolute Gasteiger partial charge is 0.331 e. The minimum absolute atomic E-state index is 0.197. The Balaban J connectivity index is 1.77. The van der Waals surface area contributed by atoms with Crippen molar-refractivity contribution in [3.8, 4) is 5.88 Å². The van der Waals surface area contributed by atoms with E-state index in [1.54, 1.807) is 13.2 Å². The highest BCUT2D eigenvalue weighted by Crippen LogP contribution is 2.34. The lowest BCUT2D eigenvalue weighted by atomic mass is 9.92. The number of methoxy groups -OCH3 is 1. The molecular formula is C23H35N3O5. The van der Waals surface area contributed by atoms with E-state index in [9.17, 15) is 9.59 Å². The number of rotatable bonds is 12. The molecule has 1 aliphatic heterocycles. The third-order valence-electron chi connectivity index (χ3n) is 6.14. The average molecular weight is 434 g/mol. The van der Waals surface area contributed by atoms with E-state index in [0.29, 0.717) is 37.9 Å². The predicted molar refractivity (Wildman–Crippen MR) is 117 cm³/mol. The Labute approximate surface area is 184 Å². The van der Waals surface area contributed by atoms with E-state index in [0.717, 1.165) is 25.2 Å². The fourth-order valence-electron chi connectivity index (χ4n) is 3.55. The molecule has 0 radical (unpaired) electrons. The van der Waals surface area contributed by atoms with Gasteiger partial charge in [0.05, 0.1) is 19.3 Å². The molecule has 1 aromatic rings. The van der Waals surface area contributed by atoms with Gasteiger partial charge in [0.1, 0.15) is 16.9 Å². The number of hydrogen-bond donors (Lipinski definition) is 1. The summed E-state index contributed by atoms with van der Waals surface area (Å²) in [5.41, 5.74) is 0.0307. The summed E-state index contributed by atoms with van der Waals surface area (Å²) in [6.07, 6.45) is 4.14. The van der Waals surface area contributed by atoms with Crippen LogP contribution < -0.4 is 15.0 Å². The molecule has 1 aliphatic carbocycles. The molecule has 1 saturated heterocycles. The first-order valence-electron chi connectivity index (χ1n) is 11.4. The molecule has 2 heterocycles.